The summed E-state index contributed by atoms with van der Waals surface area (Å²) in [7, 11) is 1.63. The van der Waals surface area contributed by atoms with Gasteiger partial charge in [-0.05, 0) is 37.1 Å². The summed E-state index contributed by atoms with van der Waals surface area (Å²) in [6, 6.07) is 9.43. The highest BCUT2D eigenvalue weighted by atomic mass is 16.5. The zero-order valence-electron chi connectivity index (χ0n) is 21.8. The molecular weight excluding hydrogens is 428 g/mol. The van der Waals surface area contributed by atoms with E-state index in [9.17, 15) is 9.59 Å². The van der Waals surface area contributed by atoms with Gasteiger partial charge in [-0.3, -0.25) is 9.59 Å². The van der Waals surface area contributed by atoms with E-state index in [0.717, 1.165) is 42.8 Å². The first-order valence-corrected chi connectivity index (χ1v) is 12.5. The third-order valence-corrected chi connectivity index (χ3v) is 5.74. The normalized spacial score (nSPS) is 11.4. The highest BCUT2D eigenvalue weighted by molar-refractivity contribution is 5.94. The molecular formula is C27H42N4O3. The number of benzene rings is 1. The number of unbranched alkanes of at least 4 members (excludes halogenated alkanes) is 4. The van der Waals surface area contributed by atoms with Crippen LogP contribution in [0, 0.1) is 0 Å². The van der Waals surface area contributed by atoms with Crippen LogP contribution in [0.2, 0.25) is 0 Å². The van der Waals surface area contributed by atoms with E-state index in [1.807, 2.05) is 37.3 Å². The maximum atomic E-state index is 13.0. The van der Waals surface area contributed by atoms with Gasteiger partial charge in [-0.1, -0.05) is 60.3 Å². The number of nitrogens with one attached hydrogen (secondary N) is 1. The lowest BCUT2D eigenvalue weighted by atomic mass is 9.92. The second kappa shape index (κ2) is 13.2. The summed E-state index contributed by atoms with van der Waals surface area (Å²) in [6.07, 6.45) is 6.78. The molecule has 0 atom stereocenters. The molecule has 0 aliphatic heterocycles. The van der Waals surface area contributed by atoms with Crippen LogP contribution in [-0.2, 0) is 15.0 Å². The van der Waals surface area contributed by atoms with Gasteiger partial charge in [0.25, 0.3) is 0 Å². The lowest BCUT2D eigenvalue weighted by Crippen LogP contribution is -2.38. The minimum Gasteiger partial charge on any atom is -0.497 e. The van der Waals surface area contributed by atoms with Crippen molar-refractivity contribution in [2.24, 2.45) is 0 Å². The van der Waals surface area contributed by atoms with Gasteiger partial charge in [-0.2, -0.15) is 5.10 Å². The molecule has 2 rings (SSSR count). The number of amides is 2. The number of anilines is 1. The van der Waals surface area contributed by atoms with E-state index in [2.05, 4.69) is 33.0 Å². The number of aromatic nitrogens is 2. The first-order valence-electron chi connectivity index (χ1n) is 12.5. The van der Waals surface area contributed by atoms with Crippen molar-refractivity contribution in [3.63, 3.8) is 0 Å². The predicted molar refractivity (Wildman–Crippen MR) is 138 cm³/mol. The molecule has 0 saturated heterocycles. The van der Waals surface area contributed by atoms with Gasteiger partial charge in [-0.25, -0.2) is 4.68 Å². The molecule has 0 saturated carbocycles. The van der Waals surface area contributed by atoms with Gasteiger partial charge in [0.2, 0.25) is 11.8 Å². The Balaban J connectivity index is 2.14. The summed E-state index contributed by atoms with van der Waals surface area (Å²) < 4.78 is 6.99. The van der Waals surface area contributed by atoms with Crippen LogP contribution in [-0.4, -0.2) is 46.7 Å². The predicted octanol–water partition coefficient (Wildman–Crippen LogP) is 5.72. The SMILES string of the molecule is CCCCCCCC(=O)N(CCC)CC(=O)Nc1cc(C(C)(C)C)nn1-c1ccc(OC)cc1. The van der Waals surface area contributed by atoms with Crippen LogP contribution in [0.15, 0.2) is 30.3 Å². The number of ether oxygens (including phenoxy) is 1. The summed E-state index contributed by atoms with van der Waals surface area (Å²) in [5.41, 5.74) is 1.51. The second-order valence-electron chi connectivity index (χ2n) is 9.80. The van der Waals surface area contributed by atoms with Crippen molar-refractivity contribution in [1.29, 1.82) is 0 Å². The van der Waals surface area contributed by atoms with Crippen molar-refractivity contribution in [2.45, 2.75) is 85.0 Å². The maximum Gasteiger partial charge on any atom is 0.245 e. The molecule has 0 aliphatic carbocycles. The van der Waals surface area contributed by atoms with E-state index in [1.165, 1.54) is 12.8 Å². The van der Waals surface area contributed by atoms with Crippen LogP contribution in [0.25, 0.3) is 5.69 Å². The molecule has 2 aromatic rings. The van der Waals surface area contributed by atoms with E-state index in [0.29, 0.717) is 18.8 Å². The van der Waals surface area contributed by atoms with Gasteiger partial charge in [0.05, 0.1) is 25.0 Å². The van der Waals surface area contributed by atoms with Crippen LogP contribution in [0.1, 0.15) is 85.3 Å². The van der Waals surface area contributed by atoms with Crippen LogP contribution >= 0.6 is 0 Å². The van der Waals surface area contributed by atoms with E-state index in [-0.39, 0.29) is 23.8 Å². The average molecular weight is 471 g/mol. The van der Waals surface area contributed by atoms with Crippen LogP contribution in [0.3, 0.4) is 0 Å². The monoisotopic (exact) mass is 470 g/mol. The van der Waals surface area contributed by atoms with E-state index < -0.39 is 0 Å². The highest BCUT2D eigenvalue weighted by Gasteiger charge is 2.23. The van der Waals surface area contributed by atoms with Gasteiger partial charge in [0.15, 0.2) is 0 Å². The molecule has 1 N–H and O–H groups in total. The minimum absolute atomic E-state index is 0.0419. The molecule has 1 aromatic heterocycles. The lowest BCUT2D eigenvalue weighted by Gasteiger charge is -2.22. The molecule has 0 aliphatic rings. The molecule has 1 heterocycles. The van der Waals surface area contributed by atoms with Crippen LogP contribution < -0.4 is 10.1 Å². The van der Waals surface area contributed by atoms with Gasteiger partial charge >= 0.3 is 0 Å². The van der Waals surface area contributed by atoms with Crippen molar-refractivity contribution < 1.29 is 14.3 Å². The smallest absolute Gasteiger partial charge is 0.245 e. The third-order valence-electron chi connectivity index (χ3n) is 5.74. The maximum absolute atomic E-state index is 13.0. The zero-order valence-corrected chi connectivity index (χ0v) is 21.8. The lowest BCUT2D eigenvalue weighted by molar-refractivity contribution is -0.134. The van der Waals surface area contributed by atoms with Gasteiger partial charge in [0, 0.05) is 24.4 Å². The Bertz CT molecular complexity index is 913. The first kappa shape index (κ1) is 27.4. The molecule has 0 fully saturated rings. The largest absolute Gasteiger partial charge is 0.497 e. The molecule has 7 nitrogen and oxygen atoms in total. The second-order valence-corrected chi connectivity index (χ2v) is 9.80. The first-order chi connectivity index (χ1) is 16.2. The number of methoxy groups -OCH3 is 1. The van der Waals surface area contributed by atoms with Crippen molar-refractivity contribution in [2.75, 3.05) is 25.5 Å². The molecule has 1 aromatic carbocycles. The Labute approximate surface area is 204 Å². The van der Waals surface area contributed by atoms with E-state index >= 15 is 0 Å². The van der Waals surface area contributed by atoms with E-state index in [1.54, 1.807) is 16.7 Å². The third kappa shape index (κ3) is 8.19. The highest BCUT2D eigenvalue weighted by Crippen LogP contribution is 2.27. The van der Waals surface area contributed by atoms with Crippen LogP contribution in [0.4, 0.5) is 5.82 Å². The van der Waals surface area contributed by atoms with Crippen molar-refractivity contribution in [3.05, 3.63) is 36.0 Å². The molecule has 34 heavy (non-hydrogen) atoms. The Morgan fingerprint density at radius 2 is 1.71 bits per heavy atom. The van der Waals surface area contributed by atoms with Gasteiger partial charge < -0.3 is 15.0 Å². The Kier molecular flexibility index (Phi) is 10.6. The number of carbonyl (C=O) groups excluding carboxylic acids is 2. The quantitative estimate of drug-likeness (QED) is 0.380. The van der Waals surface area contributed by atoms with E-state index in [4.69, 9.17) is 9.84 Å². The summed E-state index contributed by atoms with van der Waals surface area (Å²) in [4.78, 5) is 27.4. The number of hydrogen-bond donors (Lipinski definition) is 1. The van der Waals surface area contributed by atoms with Gasteiger partial charge in [0.1, 0.15) is 11.6 Å². The van der Waals surface area contributed by atoms with Gasteiger partial charge in [-0.15, -0.1) is 0 Å². The zero-order chi connectivity index (χ0) is 25.1. The Morgan fingerprint density at radius 3 is 2.29 bits per heavy atom. The van der Waals surface area contributed by atoms with Crippen LogP contribution in [0.5, 0.6) is 5.75 Å². The Hall–Kier alpha value is -2.83. The number of carbonyl (C=O) groups is 2. The molecule has 0 bridgehead atoms. The fourth-order valence-electron chi connectivity index (χ4n) is 3.71. The fourth-order valence-corrected chi connectivity index (χ4v) is 3.71. The minimum atomic E-state index is -0.220. The number of hydrogen-bond acceptors (Lipinski definition) is 4. The molecule has 0 spiro atoms. The molecule has 0 radical (unpaired) electrons. The Morgan fingerprint density at radius 1 is 1.03 bits per heavy atom. The summed E-state index contributed by atoms with van der Waals surface area (Å²) >= 11 is 0. The summed E-state index contributed by atoms with van der Waals surface area (Å²) in [6.45, 7) is 11.1. The molecule has 2 amide bonds. The summed E-state index contributed by atoms with van der Waals surface area (Å²) in [5.74, 6) is 1.17. The van der Waals surface area contributed by atoms with Crippen molar-refractivity contribution in [3.8, 4) is 11.4 Å². The standard InChI is InChI=1S/C27H42N4O3/c1-7-9-10-11-12-13-26(33)30(18-8-2)20-25(32)28-24-19-23(27(3,4)5)29-31(24)21-14-16-22(34-6)17-15-21/h14-17,19H,7-13,18,20H2,1-6H3,(H,28,32). The molecule has 188 valence electrons. The summed E-state index contributed by atoms with van der Waals surface area (Å²) in [5, 5.41) is 7.75. The number of rotatable bonds is 13. The number of nitrogens with zero attached hydrogens (tertiary/aromatic N) is 3. The van der Waals surface area contributed by atoms with Crippen molar-refractivity contribution in [1.82, 2.24) is 14.7 Å². The topological polar surface area (TPSA) is 76.5 Å². The molecule has 0 unspecified atom stereocenters. The van der Waals surface area contributed by atoms with Crippen molar-refractivity contribution >= 4 is 17.6 Å². The molecule has 7 heteroatoms. The average Bonchev–Trinajstić information content (AvgIpc) is 3.22. The fraction of sp³-hybridized carbons (Fsp3) is 0.593.